The number of para-hydroxylation sites is 1. The van der Waals surface area contributed by atoms with Gasteiger partial charge < -0.3 is 20.6 Å². The molecule has 3 aromatic rings. The molecule has 136 valence electrons. The molecule has 1 aliphatic carbocycles. The van der Waals surface area contributed by atoms with E-state index in [1.165, 1.54) is 6.20 Å². The van der Waals surface area contributed by atoms with Crippen LogP contribution in [0.1, 0.15) is 17.2 Å². The van der Waals surface area contributed by atoms with Gasteiger partial charge in [-0.25, -0.2) is 4.79 Å². The van der Waals surface area contributed by atoms with Crippen LogP contribution < -0.4 is 20.1 Å². The van der Waals surface area contributed by atoms with Gasteiger partial charge in [0.1, 0.15) is 6.10 Å². The van der Waals surface area contributed by atoms with Crippen LogP contribution in [0.4, 0.5) is 10.5 Å². The molecular formula is C21H19N3O3. The van der Waals surface area contributed by atoms with Gasteiger partial charge in [-0.1, -0.05) is 42.5 Å². The Balaban J connectivity index is 1.54. The average Bonchev–Trinajstić information content (AvgIpc) is 3.02. The lowest BCUT2D eigenvalue weighted by Crippen LogP contribution is -2.41. The highest BCUT2D eigenvalue weighted by atomic mass is 16.6. The Morgan fingerprint density at radius 2 is 1.74 bits per heavy atom. The molecule has 1 aromatic heterocycles. The molecule has 2 atom stereocenters. The van der Waals surface area contributed by atoms with E-state index in [2.05, 4.69) is 10.6 Å². The normalized spacial score (nSPS) is 17.8. The summed E-state index contributed by atoms with van der Waals surface area (Å²) in [5, 5.41) is 17.8. The molecular weight excluding hydrogens is 342 g/mol. The summed E-state index contributed by atoms with van der Waals surface area (Å²) in [4.78, 5) is 12.5. The zero-order valence-corrected chi connectivity index (χ0v) is 14.5. The number of amides is 2. The Morgan fingerprint density at radius 1 is 1.00 bits per heavy atom. The summed E-state index contributed by atoms with van der Waals surface area (Å²) in [5.74, 6) is 0.213. The lowest BCUT2D eigenvalue weighted by molar-refractivity contribution is -0.613. The molecule has 0 bridgehead atoms. The Hall–Kier alpha value is -3.54. The van der Waals surface area contributed by atoms with Gasteiger partial charge in [0.2, 0.25) is 0 Å². The maximum absolute atomic E-state index is 12.5. The van der Waals surface area contributed by atoms with Crippen molar-refractivity contribution in [3.63, 3.8) is 0 Å². The molecule has 4 rings (SSSR count). The van der Waals surface area contributed by atoms with E-state index in [0.29, 0.717) is 16.8 Å². The first kappa shape index (κ1) is 16.9. The SMILES string of the molecule is O=C(Nc1ccccc1)N[C@H]1c2ccccc2C[C@H]1Oc1cccc[n+]1[O-]. The van der Waals surface area contributed by atoms with E-state index in [4.69, 9.17) is 4.74 Å². The van der Waals surface area contributed by atoms with Crippen LogP contribution in [0.15, 0.2) is 79.0 Å². The van der Waals surface area contributed by atoms with Crippen LogP contribution >= 0.6 is 0 Å². The fraction of sp³-hybridized carbons (Fsp3) is 0.143. The fourth-order valence-electron chi connectivity index (χ4n) is 3.33. The molecule has 0 spiro atoms. The lowest BCUT2D eigenvalue weighted by Gasteiger charge is -2.22. The minimum Gasteiger partial charge on any atom is -0.616 e. The molecule has 0 unspecified atom stereocenters. The van der Waals surface area contributed by atoms with E-state index in [0.717, 1.165) is 11.1 Å². The van der Waals surface area contributed by atoms with Gasteiger partial charge in [0, 0.05) is 18.2 Å². The smallest absolute Gasteiger partial charge is 0.379 e. The second-order valence-corrected chi connectivity index (χ2v) is 6.37. The van der Waals surface area contributed by atoms with Crippen molar-refractivity contribution in [1.82, 2.24) is 5.32 Å². The molecule has 2 N–H and O–H groups in total. The number of hydrogen-bond donors (Lipinski definition) is 2. The molecule has 0 saturated heterocycles. The third-order valence-corrected chi connectivity index (χ3v) is 4.56. The van der Waals surface area contributed by atoms with Gasteiger partial charge in [-0.05, 0) is 29.3 Å². The summed E-state index contributed by atoms with van der Waals surface area (Å²) >= 11 is 0. The number of urea groups is 1. The fourth-order valence-corrected chi connectivity index (χ4v) is 3.33. The summed E-state index contributed by atoms with van der Waals surface area (Å²) in [5.41, 5.74) is 2.80. The molecule has 6 heteroatoms. The molecule has 27 heavy (non-hydrogen) atoms. The van der Waals surface area contributed by atoms with Crippen LogP contribution in [-0.4, -0.2) is 12.1 Å². The van der Waals surface area contributed by atoms with E-state index >= 15 is 0 Å². The van der Waals surface area contributed by atoms with Crippen LogP contribution in [-0.2, 0) is 6.42 Å². The number of aromatic nitrogens is 1. The predicted molar refractivity (Wildman–Crippen MR) is 101 cm³/mol. The molecule has 0 saturated carbocycles. The number of carbonyl (C=O) groups excluding carboxylic acids is 1. The van der Waals surface area contributed by atoms with Gasteiger partial charge in [-0.15, -0.1) is 4.73 Å². The van der Waals surface area contributed by atoms with Crippen molar-refractivity contribution in [2.75, 3.05) is 5.32 Å². The molecule has 2 aromatic carbocycles. The number of pyridine rings is 1. The number of anilines is 1. The summed E-state index contributed by atoms with van der Waals surface area (Å²) < 4.78 is 6.64. The summed E-state index contributed by atoms with van der Waals surface area (Å²) in [6.45, 7) is 0. The van der Waals surface area contributed by atoms with Crippen molar-refractivity contribution >= 4 is 11.7 Å². The van der Waals surface area contributed by atoms with Crippen LogP contribution in [0.3, 0.4) is 0 Å². The predicted octanol–water partition coefficient (Wildman–Crippen LogP) is 3.19. The van der Waals surface area contributed by atoms with Crippen LogP contribution in [0.25, 0.3) is 0 Å². The molecule has 0 fully saturated rings. The van der Waals surface area contributed by atoms with Crippen molar-refractivity contribution in [1.29, 1.82) is 0 Å². The molecule has 0 radical (unpaired) electrons. The number of nitrogens with one attached hydrogen (secondary N) is 2. The second-order valence-electron chi connectivity index (χ2n) is 6.37. The monoisotopic (exact) mass is 361 g/mol. The minimum atomic E-state index is -0.369. The van der Waals surface area contributed by atoms with Gasteiger partial charge >= 0.3 is 11.9 Å². The Labute approximate surface area is 157 Å². The highest BCUT2D eigenvalue weighted by Gasteiger charge is 2.36. The maximum Gasteiger partial charge on any atom is 0.379 e. The van der Waals surface area contributed by atoms with Gasteiger partial charge in [-0.3, -0.25) is 0 Å². The first-order valence-electron chi connectivity index (χ1n) is 8.76. The summed E-state index contributed by atoms with van der Waals surface area (Å²) in [7, 11) is 0. The van der Waals surface area contributed by atoms with Crippen molar-refractivity contribution < 1.29 is 14.3 Å². The number of benzene rings is 2. The summed E-state index contributed by atoms with van der Waals surface area (Å²) in [6, 6.07) is 21.5. The highest BCUT2D eigenvalue weighted by Crippen LogP contribution is 2.33. The first-order valence-corrected chi connectivity index (χ1v) is 8.76. The molecule has 1 aliphatic rings. The van der Waals surface area contributed by atoms with Crippen molar-refractivity contribution in [2.24, 2.45) is 0 Å². The number of fused-ring (bicyclic) bond motifs is 1. The number of ether oxygens (including phenoxy) is 1. The summed E-state index contributed by atoms with van der Waals surface area (Å²) in [6.07, 6.45) is 1.63. The molecule has 2 amide bonds. The van der Waals surface area contributed by atoms with Gasteiger partial charge in [-0.2, -0.15) is 0 Å². The number of hydrogen-bond acceptors (Lipinski definition) is 3. The number of carbonyl (C=O) groups is 1. The Morgan fingerprint density at radius 3 is 2.56 bits per heavy atom. The molecule has 1 heterocycles. The number of rotatable bonds is 4. The van der Waals surface area contributed by atoms with Crippen LogP contribution in [0.5, 0.6) is 5.88 Å². The topological polar surface area (TPSA) is 77.3 Å². The third kappa shape index (κ3) is 3.69. The third-order valence-electron chi connectivity index (χ3n) is 4.56. The maximum atomic E-state index is 12.5. The van der Waals surface area contributed by atoms with E-state index in [1.807, 2.05) is 54.6 Å². The van der Waals surface area contributed by atoms with Crippen LogP contribution in [0, 0.1) is 5.21 Å². The van der Waals surface area contributed by atoms with E-state index < -0.39 is 0 Å². The van der Waals surface area contributed by atoms with Crippen molar-refractivity contribution in [2.45, 2.75) is 18.6 Å². The average molecular weight is 361 g/mol. The zero-order valence-electron chi connectivity index (χ0n) is 14.5. The quantitative estimate of drug-likeness (QED) is 0.553. The Bertz CT molecular complexity index is 946. The van der Waals surface area contributed by atoms with Crippen LogP contribution in [0.2, 0.25) is 0 Å². The first-order chi connectivity index (χ1) is 13.2. The lowest BCUT2D eigenvalue weighted by atomic mass is 10.1. The molecule has 6 nitrogen and oxygen atoms in total. The minimum absolute atomic E-state index is 0.213. The highest BCUT2D eigenvalue weighted by molar-refractivity contribution is 5.89. The largest absolute Gasteiger partial charge is 0.616 e. The number of nitrogens with zero attached hydrogens (tertiary/aromatic N) is 1. The van der Waals surface area contributed by atoms with E-state index in [-0.39, 0.29) is 24.1 Å². The van der Waals surface area contributed by atoms with Crippen molar-refractivity contribution in [3.05, 3.63) is 95.3 Å². The van der Waals surface area contributed by atoms with Gasteiger partial charge in [0.25, 0.3) is 0 Å². The van der Waals surface area contributed by atoms with Gasteiger partial charge in [0.05, 0.1) is 12.1 Å². The standard InChI is InChI=1S/C21H19N3O3/c25-21(22-16-9-2-1-3-10-16)23-20-17-11-5-4-8-15(17)14-18(20)27-19-12-6-7-13-24(19)26/h1-13,18,20H,14H2,(H2,22,23,25)/t18-,20+/m1/s1. The zero-order chi connectivity index (χ0) is 18.6. The Kier molecular flexibility index (Phi) is 4.61. The van der Waals surface area contributed by atoms with E-state index in [9.17, 15) is 10.0 Å². The van der Waals surface area contributed by atoms with Crippen molar-refractivity contribution in [3.8, 4) is 5.88 Å². The molecule has 0 aliphatic heterocycles. The second kappa shape index (κ2) is 7.37. The van der Waals surface area contributed by atoms with Gasteiger partial charge in [0.15, 0.2) is 6.20 Å². The van der Waals surface area contributed by atoms with E-state index in [1.54, 1.807) is 18.2 Å².